The normalized spacial score (nSPS) is 23.9. The highest BCUT2D eigenvalue weighted by molar-refractivity contribution is 6.41. The van der Waals surface area contributed by atoms with Gasteiger partial charge in [-0.2, -0.15) is 10.2 Å². The Morgan fingerprint density at radius 2 is 1.59 bits per heavy atom. The van der Waals surface area contributed by atoms with Crippen LogP contribution in [0.1, 0.15) is 46.4 Å². The molecule has 1 heterocycles. The van der Waals surface area contributed by atoms with Gasteiger partial charge in [0.1, 0.15) is 0 Å². The molecule has 0 amide bonds. The van der Waals surface area contributed by atoms with Crippen molar-refractivity contribution in [2.45, 2.75) is 25.7 Å². The maximum atomic E-state index is 13.9. The molecule has 0 saturated heterocycles. The van der Waals surface area contributed by atoms with E-state index in [1.807, 2.05) is 48.5 Å². The monoisotopic (exact) mass is 385 g/mol. The van der Waals surface area contributed by atoms with Crippen LogP contribution in [0.15, 0.2) is 75.9 Å². The van der Waals surface area contributed by atoms with Crippen LogP contribution in [0, 0.1) is 11.3 Å². The SMILES string of the molecule is O=C(c1ccccc1)C1CCCCC1(C(=O)c1ccccc1)C1=NN=CCN=C1. The zero-order valence-electron chi connectivity index (χ0n) is 16.2. The molecule has 0 bridgehead atoms. The first-order valence-corrected chi connectivity index (χ1v) is 10.0. The number of hydrogen-bond donors (Lipinski definition) is 0. The van der Waals surface area contributed by atoms with E-state index in [1.54, 1.807) is 24.6 Å². The predicted molar refractivity (Wildman–Crippen MR) is 115 cm³/mol. The molecule has 2 aliphatic rings. The third-order valence-corrected chi connectivity index (χ3v) is 5.83. The lowest BCUT2D eigenvalue weighted by Crippen LogP contribution is -2.51. The molecule has 1 aliphatic carbocycles. The fourth-order valence-electron chi connectivity index (χ4n) is 4.43. The van der Waals surface area contributed by atoms with Gasteiger partial charge in [-0.15, -0.1) is 0 Å². The number of aliphatic imine (C=N–C) groups is 1. The lowest BCUT2D eigenvalue weighted by molar-refractivity contribution is 0.0622. The quantitative estimate of drug-likeness (QED) is 0.714. The minimum atomic E-state index is -1.06. The van der Waals surface area contributed by atoms with Crippen molar-refractivity contribution in [3.05, 3.63) is 71.8 Å². The van der Waals surface area contributed by atoms with Crippen molar-refractivity contribution in [2.24, 2.45) is 26.5 Å². The molecule has 1 aliphatic heterocycles. The highest BCUT2D eigenvalue weighted by Crippen LogP contribution is 2.46. The summed E-state index contributed by atoms with van der Waals surface area (Å²) < 4.78 is 0. The molecule has 0 spiro atoms. The summed E-state index contributed by atoms with van der Waals surface area (Å²) in [5.74, 6) is -0.585. The first-order valence-electron chi connectivity index (χ1n) is 10.0. The van der Waals surface area contributed by atoms with Crippen molar-refractivity contribution in [3.8, 4) is 0 Å². The van der Waals surface area contributed by atoms with Crippen LogP contribution in [0.4, 0.5) is 0 Å². The van der Waals surface area contributed by atoms with Crippen LogP contribution in [0.3, 0.4) is 0 Å². The summed E-state index contributed by atoms with van der Waals surface area (Å²) in [4.78, 5) is 31.9. The van der Waals surface area contributed by atoms with Gasteiger partial charge in [-0.3, -0.25) is 14.6 Å². The van der Waals surface area contributed by atoms with E-state index in [1.165, 1.54) is 0 Å². The van der Waals surface area contributed by atoms with Gasteiger partial charge >= 0.3 is 0 Å². The van der Waals surface area contributed by atoms with Crippen molar-refractivity contribution < 1.29 is 9.59 Å². The average molecular weight is 385 g/mol. The van der Waals surface area contributed by atoms with E-state index in [4.69, 9.17) is 0 Å². The van der Waals surface area contributed by atoms with Gasteiger partial charge in [0.2, 0.25) is 0 Å². The molecule has 1 saturated carbocycles. The highest BCUT2D eigenvalue weighted by atomic mass is 16.1. The number of ketones is 2. The number of rotatable bonds is 5. The van der Waals surface area contributed by atoms with Crippen molar-refractivity contribution in [3.63, 3.8) is 0 Å². The number of hydrogen-bond acceptors (Lipinski definition) is 5. The van der Waals surface area contributed by atoms with E-state index in [0.717, 1.165) is 12.8 Å². The van der Waals surface area contributed by atoms with E-state index in [0.29, 0.717) is 36.2 Å². The van der Waals surface area contributed by atoms with E-state index in [-0.39, 0.29) is 11.6 Å². The second-order valence-electron chi connectivity index (χ2n) is 7.47. The molecule has 2 aromatic carbocycles. The molecule has 1 fully saturated rings. The fraction of sp³-hybridized carbons (Fsp3) is 0.292. The van der Waals surface area contributed by atoms with Crippen LogP contribution in [0.25, 0.3) is 0 Å². The Balaban J connectivity index is 1.87. The third kappa shape index (κ3) is 3.60. The number of benzene rings is 2. The third-order valence-electron chi connectivity index (χ3n) is 5.83. The molecule has 2 unspecified atom stereocenters. The van der Waals surface area contributed by atoms with E-state index in [2.05, 4.69) is 15.2 Å². The summed E-state index contributed by atoms with van der Waals surface area (Å²) in [7, 11) is 0. The van der Waals surface area contributed by atoms with Gasteiger partial charge in [0, 0.05) is 29.5 Å². The number of carbonyl (C=O) groups excluding carboxylic acids is 2. The van der Waals surface area contributed by atoms with Gasteiger partial charge in [-0.1, -0.05) is 73.5 Å². The van der Waals surface area contributed by atoms with Gasteiger partial charge < -0.3 is 0 Å². The minimum Gasteiger partial charge on any atom is -0.294 e. The van der Waals surface area contributed by atoms with Crippen LogP contribution in [0.5, 0.6) is 0 Å². The first-order chi connectivity index (χ1) is 14.2. The second kappa shape index (κ2) is 8.43. The van der Waals surface area contributed by atoms with Crippen molar-refractivity contribution in [1.82, 2.24) is 0 Å². The van der Waals surface area contributed by atoms with Crippen LogP contribution >= 0.6 is 0 Å². The molecule has 0 radical (unpaired) electrons. The smallest absolute Gasteiger partial charge is 0.175 e. The maximum Gasteiger partial charge on any atom is 0.175 e. The van der Waals surface area contributed by atoms with Crippen LogP contribution in [0.2, 0.25) is 0 Å². The molecule has 146 valence electrons. The molecule has 4 rings (SSSR count). The Morgan fingerprint density at radius 3 is 2.31 bits per heavy atom. The molecule has 29 heavy (non-hydrogen) atoms. The zero-order chi connectivity index (χ0) is 20.1. The molecule has 5 nitrogen and oxygen atoms in total. The van der Waals surface area contributed by atoms with E-state index >= 15 is 0 Å². The number of carbonyl (C=O) groups is 2. The lowest BCUT2D eigenvalue weighted by atomic mass is 9.58. The molecule has 2 aromatic rings. The van der Waals surface area contributed by atoms with Crippen LogP contribution < -0.4 is 0 Å². The Hall–Kier alpha value is -3.21. The molecule has 2 atom stereocenters. The Morgan fingerprint density at radius 1 is 0.897 bits per heavy atom. The van der Waals surface area contributed by atoms with Gasteiger partial charge in [-0.05, 0) is 12.8 Å². The van der Waals surface area contributed by atoms with Crippen molar-refractivity contribution in [1.29, 1.82) is 0 Å². The Bertz CT molecular complexity index is 980. The van der Waals surface area contributed by atoms with Gasteiger partial charge in [0.05, 0.1) is 17.7 Å². The van der Waals surface area contributed by atoms with Crippen LogP contribution in [-0.4, -0.2) is 36.3 Å². The van der Waals surface area contributed by atoms with E-state index in [9.17, 15) is 9.59 Å². The fourth-order valence-corrected chi connectivity index (χ4v) is 4.43. The molecular formula is C24H23N3O2. The molecule has 5 heteroatoms. The van der Waals surface area contributed by atoms with E-state index < -0.39 is 11.3 Å². The highest BCUT2D eigenvalue weighted by Gasteiger charge is 2.53. The minimum absolute atomic E-state index is 0.0149. The lowest BCUT2D eigenvalue weighted by Gasteiger charge is -2.41. The summed E-state index contributed by atoms with van der Waals surface area (Å²) in [6.07, 6.45) is 6.22. The first kappa shape index (κ1) is 19.1. The Labute approximate surface area is 170 Å². The summed E-state index contributed by atoms with van der Waals surface area (Å²) in [5, 5.41) is 8.45. The Kier molecular flexibility index (Phi) is 5.56. The largest absolute Gasteiger partial charge is 0.294 e. The zero-order valence-corrected chi connectivity index (χ0v) is 16.2. The standard InChI is InChI=1S/C24H23N3O2/c28-22(18-9-3-1-4-10-18)20-13-7-8-14-24(20,21-17-25-15-16-26-27-21)23(29)19-11-5-2-6-12-19/h1-6,9-12,16-17,20H,7-8,13-15H2. The van der Waals surface area contributed by atoms with Crippen molar-refractivity contribution >= 4 is 29.7 Å². The van der Waals surface area contributed by atoms with Gasteiger partial charge in [0.15, 0.2) is 11.6 Å². The van der Waals surface area contributed by atoms with Crippen molar-refractivity contribution in [2.75, 3.05) is 6.54 Å². The summed E-state index contributed by atoms with van der Waals surface area (Å²) in [6, 6.07) is 18.4. The summed E-state index contributed by atoms with van der Waals surface area (Å²) in [6.45, 7) is 0.417. The van der Waals surface area contributed by atoms with Gasteiger partial charge in [-0.25, -0.2) is 0 Å². The number of nitrogens with zero attached hydrogens (tertiary/aromatic N) is 3. The summed E-state index contributed by atoms with van der Waals surface area (Å²) in [5.41, 5.74) is 0.649. The topological polar surface area (TPSA) is 71.2 Å². The molecular weight excluding hydrogens is 362 g/mol. The van der Waals surface area contributed by atoms with Gasteiger partial charge in [0.25, 0.3) is 0 Å². The molecule has 0 aromatic heterocycles. The average Bonchev–Trinajstić information content (AvgIpc) is 3.09. The maximum absolute atomic E-state index is 13.9. The molecule has 0 N–H and O–H groups in total. The predicted octanol–water partition coefficient (Wildman–Crippen LogP) is 4.44. The number of Topliss-reactive ketones (excluding diaryl/α,β-unsaturated/α-hetero) is 2. The summed E-state index contributed by atoms with van der Waals surface area (Å²) >= 11 is 0. The second-order valence-corrected chi connectivity index (χ2v) is 7.47. The van der Waals surface area contributed by atoms with Crippen LogP contribution in [-0.2, 0) is 0 Å².